The molecule has 0 radical (unpaired) electrons. The largest absolute Gasteiger partial charge is 0.385 e. The second-order valence-electron chi connectivity index (χ2n) is 6.65. The van der Waals surface area contributed by atoms with E-state index in [0.717, 1.165) is 51.0 Å². The Morgan fingerprint density at radius 1 is 1.46 bits per heavy atom. The van der Waals surface area contributed by atoms with Gasteiger partial charge in [0.2, 0.25) is 0 Å². The maximum atomic E-state index is 13.0. The van der Waals surface area contributed by atoms with Gasteiger partial charge in [0, 0.05) is 44.0 Å². The predicted octanol–water partition coefficient (Wildman–Crippen LogP) is 3.53. The summed E-state index contributed by atoms with van der Waals surface area (Å²) in [6, 6.07) is 0.258. The van der Waals surface area contributed by atoms with Crippen molar-refractivity contribution in [3.63, 3.8) is 0 Å². The van der Waals surface area contributed by atoms with Gasteiger partial charge in [0.15, 0.2) is 0 Å². The first-order valence-electron chi connectivity index (χ1n) is 9.51. The van der Waals surface area contributed by atoms with Gasteiger partial charge >= 0.3 is 0 Å². The van der Waals surface area contributed by atoms with Crippen molar-refractivity contribution in [1.29, 1.82) is 0 Å². The van der Waals surface area contributed by atoms with E-state index in [4.69, 9.17) is 0 Å². The fraction of sp³-hybridized carbons (Fsp3) is 0.550. The topological polar surface area (TPSA) is 56.4 Å². The summed E-state index contributed by atoms with van der Waals surface area (Å²) in [5, 5.41) is 6.80. The molecule has 6 heteroatoms. The molecule has 1 atom stereocenters. The molecule has 0 aromatic carbocycles. The van der Waals surface area contributed by atoms with Crippen LogP contribution in [0.25, 0.3) is 0 Å². The van der Waals surface area contributed by atoms with E-state index in [0.29, 0.717) is 0 Å². The van der Waals surface area contributed by atoms with Crippen molar-refractivity contribution in [2.45, 2.75) is 52.5 Å². The number of amides is 1. The molecule has 0 saturated heterocycles. The average molecular weight is 470 g/mol. The van der Waals surface area contributed by atoms with E-state index >= 15 is 0 Å². The third-order valence-corrected chi connectivity index (χ3v) is 5.37. The van der Waals surface area contributed by atoms with Gasteiger partial charge in [-0.15, -0.1) is 0 Å². The highest BCUT2D eigenvalue weighted by molar-refractivity contribution is 14.1. The van der Waals surface area contributed by atoms with Gasteiger partial charge < -0.3 is 19.1 Å². The molecular weight excluding hydrogens is 439 g/mol. The highest BCUT2D eigenvalue weighted by Gasteiger charge is 2.28. The molecule has 1 unspecified atom stereocenters. The van der Waals surface area contributed by atoms with Crippen LogP contribution in [-0.2, 0) is 4.79 Å². The van der Waals surface area contributed by atoms with E-state index in [1.54, 1.807) is 0 Å². The zero-order valence-corrected chi connectivity index (χ0v) is 18.2. The Labute approximate surface area is 171 Å². The predicted molar refractivity (Wildman–Crippen MR) is 116 cm³/mol. The maximum Gasteiger partial charge on any atom is 0.270 e. The standard InChI is InChI=1S/C20H31IN4O/c1-4-15-10-19(23-12-15)20(26)25(6-3)18-9-7-8-17(11-18)22-13-16(5-2)14-24-21/h4,8,10,14,18,22-24H,5-7,9,11-13H2,1-3H3/b15-4-,16-14+. The van der Waals surface area contributed by atoms with Crippen LogP contribution in [-0.4, -0.2) is 36.5 Å². The minimum Gasteiger partial charge on any atom is -0.385 e. The van der Waals surface area contributed by atoms with Gasteiger partial charge in [-0.05, 0) is 50.3 Å². The van der Waals surface area contributed by atoms with Crippen LogP contribution in [0.5, 0.6) is 0 Å². The molecule has 0 aromatic rings. The highest BCUT2D eigenvalue weighted by atomic mass is 127. The van der Waals surface area contributed by atoms with Crippen molar-refractivity contribution in [2.24, 2.45) is 0 Å². The number of likely N-dealkylation sites (N-methyl/N-ethyl adjacent to an activating group) is 1. The fourth-order valence-corrected chi connectivity index (χ4v) is 3.85. The van der Waals surface area contributed by atoms with Crippen molar-refractivity contribution < 1.29 is 4.79 Å². The molecular formula is C20H31IN4O. The van der Waals surface area contributed by atoms with E-state index in [1.165, 1.54) is 16.8 Å². The van der Waals surface area contributed by atoms with Crippen molar-refractivity contribution in [1.82, 2.24) is 19.1 Å². The number of hydrogen-bond acceptors (Lipinski definition) is 4. The molecule has 0 fully saturated rings. The van der Waals surface area contributed by atoms with Gasteiger partial charge in [-0.1, -0.05) is 19.1 Å². The first kappa shape index (κ1) is 20.9. The second kappa shape index (κ2) is 10.6. The van der Waals surface area contributed by atoms with Crippen LogP contribution >= 0.6 is 22.9 Å². The number of nitrogens with one attached hydrogen (secondary N) is 3. The number of hydrogen-bond donors (Lipinski definition) is 3. The molecule has 1 aliphatic heterocycles. The first-order valence-corrected chi connectivity index (χ1v) is 10.6. The van der Waals surface area contributed by atoms with Crippen LogP contribution in [0, 0.1) is 0 Å². The summed E-state index contributed by atoms with van der Waals surface area (Å²) in [6.07, 6.45) is 12.3. The van der Waals surface area contributed by atoms with Gasteiger partial charge in [0.1, 0.15) is 5.70 Å². The van der Waals surface area contributed by atoms with E-state index in [-0.39, 0.29) is 11.9 Å². The highest BCUT2D eigenvalue weighted by Crippen LogP contribution is 2.24. The summed E-state index contributed by atoms with van der Waals surface area (Å²) < 4.78 is 3.07. The van der Waals surface area contributed by atoms with E-state index in [9.17, 15) is 4.79 Å². The lowest BCUT2D eigenvalue weighted by Crippen LogP contribution is -2.44. The summed E-state index contributed by atoms with van der Waals surface area (Å²) in [6.45, 7) is 8.58. The minimum absolute atomic E-state index is 0.124. The molecule has 0 spiro atoms. The lowest BCUT2D eigenvalue weighted by Gasteiger charge is -2.34. The number of halogens is 1. The fourth-order valence-electron chi connectivity index (χ4n) is 3.41. The Bertz CT molecular complexity index is 621. The average Bonchev–Trinajstić information content (AvgIpc) is 3.15. The lowest BCUT2D eigenvalue weighted by molar-refractivity contribution is -0.129. The minimum atomic E-state index is 0.124. The number of carbonyl (C=O) groups excluding carboxylic acids is 1. The van der Waals surface area contributed by atoms with Crippen LogP contribution in [0.1, 0.15) is 46.5 Å². The third kappa shape index (κ3) is 5.53. The van der Waals surface area contributed by atoms with Crippen molar-refractivity contribution in [2.75, 3.05) is 19.6 Å². The summed E-state index contributed by atoms with van der Waals surface area (Å²) in [5.41, 5.74) is 4.50. The van der Waals surface area contributed by atoms with Crippen LogP contribution in [0.3, 0.4) is 0 Å². The van der Waals surface area contributed by atoms with Gasteiger partial charge in [-0.3, -0.25) is 4.79 Å². The maximum absolute atomic E-state index is 13.0. The van der Waals surface area contributed by atoms with E-state index in [2.05, 4.69) is 63.0 Å². The number of nitrogens with zero attached hydrogens (tertiary/aromatic N) is 1. The molecule has 0 aromatic heterocycles. The number of rotatable bonds is 8. The molecule has 2 rings (SSSR count). The Hall–Kier alpha value is -1.44. The van der Waals surface area contributed by atoms with Crippen LogP contribution in [0.4, 0.5) is 0 Å². The van der Waals surface area contributed by atoms with Gasteiger partial charge in [0.05, 0.1) is 22.9 Å². The molecule has 26 heavy (non-hydrogen) atoms. The molecule has 0 saturated carbocycles. The smallest absolute Gasteiger partial charge is 0.270 e. The Morgan fingerprint density at radius 2 is 2.27 bits per heavy atom. The van der Waals surface area contributed by atoms with Crippen LogP contribution < -0.4 is 14.2 Å². The second-order valence-corrected chi connectivity index (χ2v) is 7.27. The van der Waals surface area contributed by atoms with Crippen molar-refractivity contribution >= 4 is 28.8 Å². The Kier molecular flexibility index (Phi) is 8.54. The zero-order chi connectivity index (χ0) is 18.9. The monoisotopic (exact) mass is 470 g/mol. The van der Waals surface area contributed by atoms with Crippen LogP contribution in [0.15, 0.2) is 47.0 Å². The normalized spacial score (nSPS) is 21.8. The third-order valence-electron chi connectivity index (χ3n) is 5.06. The SMILES string of the molecule is C/C=C1/C=C(C(=O)N(CC)C2CCC=C(NC/C(=C/NI)CC)C2)NC1. The van der Waals surface area contributed by atoms with Crippen LogP contribution in [0.2, 0.25) is 0 Å². The first-order chi connectivity index (χ1) is 12.6. The number of carbonyl (C=O) groups is 1. The summed E-state index contributed by atoms with van der Waals surface area (Å²) in [4.78, 5) is 15.0. The van der Waals surface area contributed by atoms with Gasteiger partial charge in [0.25, 0.3) is 5.91 Å². The van der Waals surface area contributed by atoms with Gasteiger partial charge in [-0.25, -0.2) is 0 Å². The summed E-state index contributed by atoms with van der Waals surface area (Å²) in [7, 11) is 0. The number of allylic oxidation sites excluding steroid dienone is 2. The lowest BCUT2D eigenvalue weighted by atomic mass is 9.96. The Morgan fingerprint density at radius 3 is 2.88 bits per heavy atom. The zero-order valence-electron chi connectivity index (χ0n) is 16.1. The molecule has 1 heterocycles. The van der Waals surface area contributed by atoms with E-state index in [1.807, 2.05) is 24.1 Å². The molecule has 144 valence electrons. The van der Waals surface area contributed by atoms with Crippen molar-refractivity contribution in [3.8, 4) is 0 Å². The summed E-state index contributed by atoms with van der Waals surface area (Å²) >= 11 is 2.14. The molecule has 0 bridgehead atoms. The Balaban J connectivity index is 1.98. The molecule has 5 nitrogen and oxygen atoms in total. The molecule has 3 N–H and O–H groups in total. The molecule has 2 aliphatic rings. The van der Waals surface area contributed by atoms with Gasteiger partial charge in [-0.2, -0.15) is 0 Å². The van der Waals surface area contributed by atoms with Crippen molar-refractivity contribution in [3.05, 3.63) is 47.0 Å². The quantitative estimate of drug-likeness (QED) is 0.376. The van der Waals surface area contributed by atoms with E-state index < -0.39 is 0 Å². The molecule has 1 aliphatic carbocycles. The summed E-state index contributed by atoms with van der Waals surface area (Å²) in [5.74, 6) is 0.124. The molecule has 1 amide bonds.